The molecule has 0 atom stereocenters. The van der Waals surface area contributed by atoms with Crippen LogP contribution in [0, 0.1) is 0 Å². The lowest BCUT2D eigenvalue weighted by Gasteiger charge is -2.47. The van der Waals surface area contributed by atoms with Gasteiger partial charge >= 0.3 is 5.97 Å². The van der Waals surface area contributed by atoms with Crippen LogP contribution in [0.2, 0.25) is 10.0 Å². The van der Waals surface area contributed by atoms with Gasteiger partial charge in [-0.05, 0) is 86.6 Å². The number of halogens is 2. The van der Waals surface area contributed by atoms with Crippen molar-refractivity contribution >= 4 is 40.8 Å². The molecule has 188 valence electrons. The van der Waals surface area contributed by atoms with E-state index < -0.39 is 11.5 Å². The van der Waals surface area contributed by atoms with E-state index in [1.165, 1.54) is 17.7 Å². The second-order valence-electron chi connectivity index (χ2n) is 9.79. The molecule has 2 aliphatic rings. The van der Waals surface area contributed by atoms with Crippen molar-refractivity contribution in [2.45, 2.75) is 70.3 Å². The van der Waals surface area contributed by atoms with Crippen LogP contribution in [0.25, 0.3) is 5.69 Å². The number of carbonyl (C=O) groups excluding carboxylic acids is 1. The number of nitrogens with zero attached hydrogens (tertiary/aromatic N) is 3. The van der Waals surface area contributed by atoms with E-state index in [0.29, 0.717) is 10.7 Å². The lowest BCUT2D eigenvalue weighted by Crippen LogP contribution is -2.52. The molecular weight excluding hydrogens is 497 g/mol. The van der Waals surface area contributed by atoms with E-state index >= 15 is 0 Å². The Labute approximate surface area is 220 Å². The molecule has 0 spiro atoms. The van der Waals surface area contributed by atoms with E-state index in [1.807, 2.05) is 33.8 Å². The number of fused-ring (bicyclic) bond motifs is 1. The molecule has 1 saturated carbocycles. The first-order valence-corrected chi connectivity index (χ1v) is 13.3. The molecular formula is C28H29Cl2N3O3. The fourth-order valence-electron chi connectivity index (χ4n) is 6.03. The Morgan fingerprint density at radius 3 is 2.31 bits per heavy atom. The van der Waals surface area contributed by atoms with Gasteiger partial charge in [-0.3, -0.25) is 9.69 Å². The quantitative estimate of drug-likeness (QED) is 0.390. The molecule has 1 amide bonds. The van der Waals surface area contributed by atoms with Gasteiger partial charge in [0.1, 0.15) is 0 Å². The summed E-state index contributed by atoms with van der Waals surface area (Å²) in [5.74, 6) is -1.18. The molecule has 3 aromatic rings. The second-order valence-corrected chi connectivity index (χ2v) is 10.6. The standard InChI is InChI=1S/C28H29Cl2N3O3/c1-18(34)32(25-14-9-19(27(35)36)17-23(25)30)28(15-5-2-6-16-28)26-22-7-3-4-8-24(22)31-33(26)21-12-10-20(29)11-13-21/h9-14,17H,2-8,15-16H2,1H3,(H,35,36). The number of carbonyl (C=O) groups is 2. The zero-order valence-electron chi connectivity index (χ0n) is 20.3. The molecule has 2 aliphatic carbocycles. The maximum atomic E-state index is 13.5. The minimum atomic E-state index is -1.06. The molecule has 2 aromatic carbocycles. The average molecular weight is 526 g/mol. The summed E-state index contributed by atoms with van der Waals surface area (Å²) in [4.78, 5) is 26.8. The number of rotatable bonds is 5. The average Bonchev–Trinajstić information content (AvgIpc) is 3.26. The normalized spacial score (nSPS) is 16.9. The second kappa shape index (κ2) is 9.91. The molecule has 0 radical (unpaired) electrons. The number of aromatic carboxylic acids is 1. The summed E-state index contributed by atoms with van der Waals surface area (Å²) in [5, 5.41) is 15.4. The summed E-state index contributed by atoms with van der Waals surface area (Å²) < 4.78 is 2.02. The number of aryl methyl sites for hydroxylation is 1. The van der Waals surface area contributed by atoms with Crippen molar-refractivity contribution < 1.29 is 14.7 Å². The van der Waals surface area contributed by atoms with Crippen molar-refractivity contribution in [3.63, 3.8) is 0 Å². The minimum absolute atomic E-state index is 0.0912. The number of benzene rings is 2. The van der Waals surface area contributed by atoms with Crippen LogP contribution in [0.5, 0.6) is 0 Å². The highest BCUT2D eigenvalue weighted by Crippen LogP contribution is 2.49. The lowest BCUT2D eigenvalue weighted by molar-refractivity contribution is -0.118. The van der Waals surface area contributed by atoms with Crippen LogP contribution in [0.4, 0.5) is 5.69 Å². The van der Waals surface area contributed by atoms with Crippen molar-refractivity contribution in [2.75, 3.05) is 4.90 Å². The first-order chi connectivity index (χ1) is 17.3. The number of amides is 1. The van der Waals surface area contributed by atoms with Gasteiger partial charge in [-0.1, -0.05) is 42.5 Å². The highest BCUT2D eigenvalue weighted by atomic mass is 35.5. The van der Waals surface area contributed by atoms with Crippen molar-refractivity contribution in [1.29, 1.82) is 0 Å². The smallest absolute Gasteiger partial charge is 0.335 e. The summed E-state index contributed by atoms with van der Waals surface area (Å²) in [6.07, 6.45) is 8.57. The van der Waals surface area contributed by atoms with E-state index in [-0.39, 0.29) is 16.5 Å². The van der Waals surface area contributed by atoms with E-state index in [1.54, 1.807) is 13.0 Å². The summed E-state index contributed by atoms with van der Waals surface area (Å²) >= 11 is 12.9. The van der Waals surface area contributed by atoms with Gasteiger partial charge in [-0.25, -0.2) is 9.48 Å². The van der Waals surface area contributed by atoms with E-state index in [9.17, 15) is 14.7 Å². The Bertz CT molecular complexity index is 1310. The van der Waals surface area contributed by atoms with Gasteiger partial charge in [-0.2, -0.15) is 5.10 Å². The van der Waals surface area contributed by atoms with Crippen LogP contribution in [-0.4, -0.2) is 26.8 Å². The van der Waals surface area contributed by atoms with Gasteiger partial charge in [-0.15, -0.1) is 0 Å². The molecule has 1 N–H and O–H groups in total. The fraction of sp³-hybridized carbons (Fsp3) is 0.393. The van der Waals surface area contributed by atoms with Gasteiger partial charge in [0.05, 0.1) is 38.9 Å². The van der Waals surface area contributed by atoms with Crippen molar-refractivity contribution in [3.05, 3.63) is 75.0 Å². The predicted molar refractivity (Wildman–Crippen MR) is 142 cm³/mol. The fourth-order valence-corrected chi connectivity index (χ4v) is 6.42. The predicted octanol–water partition coefficient (Wildman–Crippen LogP) is 6.97. The molecule has 5 rings (SSSR count). The number of aromatic nitrogens is 2. The third kappa shape index (κ3) is 4.31. The van der Waals surface area contributed by atoms with Crippen LogP contribution in [0.1, 0.15) is 79.2 Å². The highest BCUT2D eigenvalue weighted by Gasteiger charge is 2.47. The van der Waals surface area contributed by atoms with Crippen molar-refractivity contribution in [2.24, 2.45) is 0 Å². The maximum absolute atomic E-state index is 13.5. The van der Waals surface area contributed by atoms with E-state index in [0.717, 1.165) is 74.9 Å². The summed E-state index contributed by atoms with van der Waals surface area (Å²) in [5.41, 5.74) is 4.24. The zero-order chi connectivity index (χ0) is 25.4. The molecule has 36 heavy (non-hydrogen) atoms. The van der Waals surface area contributed by atoms with Gasteiger partial charge < -0.3 is 5.11 Å². The summed E-state index contributed by atoms with van der Waals surface area (Å²) in [6.45, 7) is 1.56. The largest absolute Gasteiger partial charge is 0.478 e. The molecule has 0 saturated heterocycles. The Hall–Kier alpha value is -2.83. The number of carboxylic acids is 1. The topological polar surface area (TPSA) is 75.4 Å². The molecule has 8 heteroatoms. The SMILES string of the molecule is CC(=O)N(c1ccc(C(=O)O)cc1Cl)C1(c2c3c(nn2-c2ccc(Cl)cc2)CCCC3)CCCCC1. The van der Waals surface area contributed by atoms with E-state index in [2.05, 4.69) is 0 Å². The molecule has 1 aromatic heterocycles. The third-order valence-electron chi connectivity index (χ3n) is 7.53. The molecule has 0 unspecified atom stereocenters. The Kier molecular flexibility index (Phi) is 6.84. The van der Waals surface area contributed by atoms with Crippen LogP contribution in [0.15, 0.2) is 42.5 Å². The first kappa shape index (κ1) is 24.8. The molecule has 1 fully saturated rings. The summed E-state index contributed by atoms with van der Waals surface area (Å²) in [7, 11) is 0. The van der Waals surface area contributed by atoms with Crippen LogP contribution in [-0.2, 0) is 23.2 Å². The maximum Gasteiger partial charge on any atom is 0.335 e. The Morgan fingerprint density at radius 1 is 0.972 bits per heavy atom. The number of hydrogen-bond donors (Lipinski definition) is 1. The Morgan fingerprint density at radius 2 is 1.67 bits per heavy atom. The van der Waals surface area contributed by atoms with Gasteiger partial charge in [0.2, 0.25) is 5.91 Å². The zero-order valence-corrected chi connectivity index (χ0v) is 21.8. The third-order valence-corrected chi connectivity index (χ3v) is 8.08. The van der Waals surface area contributed by atoms with Gasteiger partial charge in [0, 0.05) is 11.9 Å². The highest BCUT2D eigenvalue weighted by molar-refractivity contribution is 6.34. The van der Waals surface area contributed by atoms with Gasteiger partial charge in [0.15, 0.2) is 0 Å². The van der Waals surface area contributed by atoms with Crippen LogP contribution >= 0.6 is 23.2 Å². The molecule has 0 bridgehead atoms. The Balaban J connectivity index is 1.77. The molecule has 0 aliphatic heterocycles. The van der Waals surface area contributed by atoms with Crippen molar-refractivity contribution in [3.8, 4) is 5.69 Å². The first-order valence-electron chi connectivity index (χ1n) is 12.5. The summed E-state index contributed by atoms with van der Waals surface area (Å²) in [6, 6.07) is 12.3. The van der Waals surface area contributed by atoms with Crippen molar-refractivity contribution in [1.82, 2.24) is 9.78 Å². The molecule has 6 nitrogen and oxygen atoms in total. The monoisotopic (exact) mass is 525 g/mol. The lowest BCUT2D eigenvalue weighted by atomic mass is 9.74. The number of hydrogen-bond acceptors (Lipinski definition) is 3. The van der Waals surface area contributed by atoms with E-state index in [4.69, 9.17) is 28.3 Å². The number of anilines is 1. The van der Waals surface area contributed by atoms with Crippen LogP contribution in [0.3, 0.4) is 0 Å². The van der Waals surface area contributed by atoms with Gasteiger partial charge in [0.25, 0.3) is 0 Å². The van der Waals surface area contributed by atoms with Crippen LogP contribution < -0.4 is 4.90 Å². The number of carboxylic acid groups (broad SMARTS) is 1. The minimum Gasteiger partial charge on any atom is -0.478 e. The molecule has 1 heterocycles.